The summed E-state index contributed by atoms with van der Waals surface area (Å²) in [6, 6.07) is 1.61. The molecule has 1 heterocycles. The number of aromatic nitrogens is 1. The second-order valence-electron chi connectivity index (χ2n) is 1.82. The van der Waals surface area contributed by atoms with Crippen molar-refractivity contribution in [1.29, 1.82) is 0 Å². The summed E-state index contributed by atoms with van der Waals surface area (Å²) >= 11 is 2.99. The Balaban J connectivity index is 0.000001000. The summed E-state index contributed by atoms with van der Waals surface area (Å²) in [5, 5.41) is 0. The minimum Gasteiger partial charge on any atom is -0.326 e. The van der Waals surface area contributed by atoms with E-state index in [0.29, 0.717) is 11.0 Å². The maximum atomic E-state index is 12.4. The molecule has 0 aliphatic rings. The van der Waals surface area contributed by atoms with Crippen molar-refractivity contribution in [2.24, 2.45) is 5.73 Å². The fourth-order valence-electron chi connectivity index (χ4n) is 0.572. The van der Waals surface area contributed by atoms with Crippen molar-refractivity contribution in [3.63, 3.8) is 0 Å². The van der Waals surface area contributed by atoms with Gasteiger partial charge >= 0.3 is 0 Å². The first-order valence-corrected chi connectivity index (χ1v) is 3.53. The van der Waals surface area contributed by atoms with Crippen LogP contribution in [0.4, 0.5) is 4.39 Å². The van der Waals surface area contributed by atoms with Gasteiger partial charge in [0.2, 0.25) is 5.95 Å². The number of halogens is 3. The molecular formula is C6H7BrClFN2. The first-order chi connectivity index (χ1) is 4.74. The molecule has 0 atom stereocenters. The molecule has 0 fully saturated rings. The van der Waals surface area contributed by atoms with Gasteiger partial charge < -0.3 is 5.73 Å². The lowest BCUT2D eigenvalue weighted by molar-refractivity contribution is 0.575. The van der Waals surface area contributed by atoms with Gasteiger partial charge in [-0.2, -0.15) is 4.39 Å². The van der Waals surface area contributed by atoms with Crippen LogP contribution < -0.4 is 5.73 Å². The van der Waals surface area contributed by atoms with Crippen LogP contribution in [0.15, 0.2) is 16.7 Å². The number of nitrogens with two attached hydrogens (primary N) is 1. The molecule has 0 saturated carbocycles. The van der Waals surface area contributed by atoms with Crippen LogP contribution >= 0.6 is 28.3 Å². The summed E-state index contributed by atoms with van der Waals surface area (Å²) in [6.45, 7) is 0.381. The van der Waals surface area contributed by atoms with Gasteiger partial charge in [-0.1, -0.05) is 0 Å². The zero-order chi connectivity index (χ0) is 7.56. The van der Waals surface area contributed by atoms with E-state index >= 15 is 0 Å². The molecule has 0 aliphatic heterocycles. The van der Waals surface area contributed by atoms with Crippen LogP contribution in [-0.4, -0.2) is 4.98 Å². The van der Waals surface area contributed by atoms with Gasteiger partial charge in [0.15, 0.2) is 0 Å². The highest BCUT2D eigenvalue weighted by molar-refractivity contribution is 9.10. The third-order valence-corrected chi connectivity index (χ3v) is 1.64. The molecular weight excluding hydrogens is 234 g/mol. The number of pyridine rings is 1. The van der Waals surface area contributed by atoms with Crippen LogP contribution in [0.5, 0.6) is 0 Å². The van der Waals surface area contributed by atoms with Crippen LogP contribution in [0.1, 0.15) is 5.56 Å². The van der Waals surface area contributed by atoms with Gasteiger partial charge in [0.1, 0.15) is 0 Å². The minimum atomic E-state index is -0.503. The molecule has 0 bridgehead atoms. The third-order valence-electron chi connectivity index (χ3n) is 1.09. The predicted molar refractivity (Wildman–Crippen MR) is 47.0 cm³/mol. The largest absolute Gasteiger partial charge is 0.326 e. The number of rotatable bonds is 1. The predicted octanol–water partition coefficient (Wildman–Crippen LogP) is 1.86. The molecule has 11 heavy (non-hydrogen) atoms. The number of hydrogen-bond acceptors (Lipinski definition) is 2. The first kappa shape index (κ1) is 10.8. The molecule has 1 aromatic heterocycles. The molecule has 0 amide bonds. The Kier molecular flexibility index (Phi) is 4.56. The summed E-state index contributed by atoms with van der Waals surface area (Å²) in [5.74, 6) is -0.503. The number of nitrogens with zero attached hydrogens (tertiary/aromatic N) is 1. The Labute approximate surface area is 78.5 Å². The van der Waals surface area contributed by atoms with Crippen LogP contribution in [-0.2, 0) is 6.54 Å². The standard InChI is InChI=1S/C6H6BrFN2.ClH/c7-5-1-4(2-9)3-10-6(5)8;/h1,3H,2,9H2;1H. The molecule has 2 N–H and O–H groups in total. The van der Waals surface area contributed by atoms with Gasteiger partial charge in [-0.3, -0.25) is 0 Å². The normalized spacial score (nSPS) is 9.00. The van der Waals surface area contributed by atoms with E-state index in [1.165, 1.54) is 6.20 Å². The van der Waals surface area contributed by atoms with Gasteiger partial charge in [-0.25, -0.2) is 4.98 Å². The van der Waals surface area contributed by atoms with Crippen molar-refractivity contribution in [3.8, 4) is 0 Å². The Morgan fingerprint density at radius 3 is 2.73 bits per heavy atom. The molecule has 5 heteroatoms. The Morgan fingerprint density at radius 1 is 1.64 bits per heavy atom. The zero-order valence-electron chi connectivity index (χ0n) is 5.55. The average Bonchev–Trinajstić information content (AvgIpc) is 1.95. The molecule has 2 nitrogen and oxygen atoms in total. The molecule has 0 saturated heterocycles. The van der Waals surface area contributed by atoms with Crippen LogP contribution in [0.25, 0.3) is 0 Å². The fraction of sp³-hybridized carbons (Fsp3) is 0.167. The second-order valence-corrected chi connectivity index (χ2v) is 2.67. The molecule has 0 aromatic carbocycles. The van der Waals surface area contributed by atoms with Gasteiger partial charge in [0.05, 0.1) is 4.47 Å². The summed E-state index contributed by atoms with van der Waals surface area (Å²) in [6.07, 6.45) is 1.42. The average molecular weight is 241 g/mol. The van der Waals surface area contributed by atoms with E-state index in [4.69, 9.17) is 5.73 Å². The monoisotopic (exact) mass is 240 g/mol. The van der Waals surface area contributed by atoms with Crippen molar-refractivity contribution >= 4 is 28.3 Å². The van der Waals surface area contributed by atoms with Crippen LogP contribution in [0.2, 0.25) is 0 Å². The Hall–Kier alpha value is -0.190. The summed E-state index contributed by atoms with van der Waals surface area (Å²) in [4.78, 5) is 3.46. The molecule has 0 radical (unpaired) electrons. The van der Waals surface area contributed by atoms with Crippen LogP contribution in [0.3, 0.4) is 0 Å². The summed E-state index contributed by atoms with van der Waals surface area (Å²) in [5.41, 5.74) is 6.10. The SMILES string of the molecule is Cl.NCc1cnc(F)c(Br)c1. The summed E-state index contributed by atoms with van der Waals surface area (Å²) in [7, 11) is 0. The maximum Gasteiger partial charge on any atom is 0.227 e. The lowest BCUT2D eigenvalue weighted by Crippen LogP contribution is -1.97. The highest BCUT2D eigenvalue weighted by Gasteiger charge is 1.99. The van der Waals surface area contributed by atoms with Crippen molar-refractivity contribution in [2.45, 2.75) is 6.54 Å². The highest BCUT2D eigenvalue weighted by atomic mass is 79.9. The molecule has 0 spiro atoms. The van der Waals surface area contributed by atoms with Gasteiger partial charge in [-0.15, -0.1) is 12.4 Å². The van der Waals surface area contributed by atoms with Crippen molar-refractivity contribution in [1.82, 2.24) is 4.98 Å². The van der Waals surface area contributed by atoms with E-state index in [9.17, 15) is 4.39 Å². The fourth-order valence-corrected chi connectivity index (χ4v) is 0.969. The van der Waals surface area contributed by atoms with Crippen LogP contribution in [0, 0.1) is 5.95 Å². The van der Waals surface area contributed by atoms with Crippen molar-refractivity contribution in [3.05, 3.63) is 28.2 Å². The highest BCUT2D eigenvalue weighted by Crippen LogP contribution is 2.13. The van der Waals surface area contributed by atoms with Crippen molar-refractivity contribution in [2.75, 3.05) is 0 Å². The second kappa shape index (κ2) is 4.64. The van der Waals surface area contributed by atoms with E-state index in [-0.39, 0.29) is 12.4 Å². The van der Waals surface area contributed by atoms with Crippen molar-refractivity contribution < 1.29 is 4.39 Å². The molecule has 1 aromatic rings. The van der Waals surface area contributed by atoms with Gasteiger partial charge in [-0.05, 0) is 27.6 Å². The van der Waals surface area contributed by atoms with E-state index in [2.05, 4.69) is 20.9 Å². The lowest BCUT2D eigenvalue weighted by Gasteiger charge is -1.96. The van der Waals surface area contributed by atoms with Gasteiger partial charge in [0, 0.05) is 12.7 Å². The van der Waals surface area contributed by atoms with E-state index in [1.807, 2.05) is 0 Å². The summed E-state index contributed by atoms with van der Waals surface area (Å²) < 4.78 is 12.8. The molecule has 0 unspecified atom stereocenters. The molecule has 0 aliphatic carbocycles. The maximum absolute atomic E-state index is 12.4. The minimum absolute atomic E-state index is 0. The Bertz CT molecular complexity index is 244. The lowest BCUT2D eigenvalue weighted by atomic mass is 10.3. The molecule has 62 valence electrons. The quantitative estimate of drug-likeness (QED) is 0.762. The topological polar surface area (TPSA) is 38.9 Å². The Morgan fingerprint density at radius 2 is 2.27 bits per heavy atom. The molecule has 1 rings (SSSR count). The smallest absolute Gasteiger partial charge is 0.227 e. The van der Waals surface area contributed by atoms with E-state index in [1.54, 1.807) is 6.07 Å². The van der Waals surface area contributed by atoms with Gasteiger partial charge in [0.25, 0.3) is 0 Å². The van der Waals surface area contributed by atoms with E-state index in [0.717, 1.165) is 5.56 Å². The first-order valence-electron chi connectivity index (χ1n) is 2.74. The van der Waals surface area contributed by atoms with E-state index < -0.39 is 5.95 Å². The third kappa shape index (κ3) is 2.73. The number of hydrogen-bond donors (Lipinski definition) is 1. The zero-order valence-corrected chi connectivity index (χ0v) is 7.95.